The van der Waals surface area contributed by atoms with E-state index in [-0.39, 0.29) is 0 Å². The highest BCUT2D eigenvalue weighted by atomic mass is 32.1. The Bertz CT molecular complexity index is 1290. The Balaban J connectivity index is 1.82. The molecule has 9 heteroatoms. The fraction of sp³-hybridized carbons (Fsp3) is 0.318. The normalized spacial score (nSPS) is 14.8. The van der Waals surface area contributed by atoms with Crippen molar-refractivity contribution in [2.24, 2.45) is 0 Å². The minimum Gasteiger partial charge on any atom is -0.477 e. The summed E-state index contributed by atoms with van der Waals surface area (Å²) in [4.78, 5) is 10.0. The Labute approximate surface area is 183 Å². The lowest BCUT2D eigenvalue weighted by molar-refractivity contribution is 0.312. The summed E-state index contributed by atoms with van der Waals surface area (Å²) in [6, 6.07) is 12.2. The summed E-state index contributed by atoms with van der Waals surface area (Å²) in [5.74, 6) is 1.18. The number of rotatable bonds is 4. The van der Waals surface area contributed by atoms with E-state index in [0.717, 1.165) is 63.6 Å². The van der Waals surface area contributed by atoms with Gasteiger partial charge in [-0.1, -0.05) is 30.3 Å². The van der Waals surface area contributed by atoms with Gasteiger partial charge >= 0.3 is 0 Å². The van der Waals surface area contributed by atoms with Crippen LogP contribution in [0.5, 0.6) is 5.88 Å². The molecule has 156 valence electrons. The molecule has 1 fully saturated rings. The molecular formula is C22H21N7OS. The first-order chi connectivity index (χ1) is 15.2. The van der Waals surface area contributed by atoms with Crippen molar-refractivity contribution in [1.82, 2.24) is 25.3 Å². The van der Waals surface area contributed by atoms with Crippen LogP contribution in [0.1, 0.15) is 12.5 Å². The summed E-state index contributed by atoms with van der Waals surface area (Å²) in [5.41, 5.74) is 2.86. The second-order valence-corrected chi connectivity index (χ2v) is 8.44. The van der Waals surface area contributed by atoms with Crippen LogP contribution < -0.4 is 9.64 Å². The second kappa shape index (κ2) is 8.06. The molecule has 1 aromatic carbocycles. The number of hydrogen-bond acceptors (Lipinski definition) is 9. The van der Waals surface area contributed by atoms with E-state index in [1.807, 2.05) is 37.3 Å². The second-order valence-electron chi connectivity index (χ2n) is 7.44. The van der Waals surface area contributed by atoms with Gasteiger partial charge in [-0.05, 0) is 24.7 Å². The van der Waals surface area contributed by atoms with Gasteiger partial charge in [0, 0.05) is 37.1 Å². The maximum Gasteiger partial charge on any atom is 0.233 e. The van der Waals surface area contributed by atoms with Gasteiger partial charge < -0.3 is 14.5 Å². The SMILES string of the molecule is CCOc1nc2sc3c(N4CCN(C)CC4)nnnc3c2c(-c2ccccc2)c1C#N. The first-order valence-electron chi connectivity index (χ1n) is 10.2. The molecule has 0 atom stereocenters. The predicted octanol–water partition coefficient (Wildman–Crippen LogP) is 3.32. The molecule has 31 heavy (non-hydrogen) atoms. The largest absolute Gasteiger partial charge is 0.477 e. The molecule has 0 saturated carbocycles. The molecular weight excluding hydrogens is 410 g/mol. The van der Waals surface area contributed by atoms with Gasteiger partial charge in [0.15, 0.2) is 5.82 Å². The molecule has 4 heterocycles. The summed E-state index contributed by atoms with van der Waals surface area (Å²) in [6.07, 6.45) is 0. The van der Waals surface area contributed by atoms with Crippen molar-refractivity contribution < 1.29 is 4.74 Å². The number of ether oxygens (including phenoxy) is 1. The van der Waals surface area contributed by atoms with Crippen molar-refractivity contribution in [3.05, 3.63) is 35.9 Å². The minimum absolute atomic E-state index is 0.352. The topological polar surface area (TPSA) is 91.1 Å². The average molecular weight is 432 g/mol. The monoisotopic (exact) mass is 431 g/mol. The van der Waals surface area contributed by atoms with Crippen LogP contribution in [0.2, 0.25) is 0 Å². The fourth-order valence-electron chi connectivity index (χ4n) is 3.96. The number of hydrogen-bond donors (Lipinski definition) is 0. The number of nitrogens with zero attached hydrogens (tertiary/aromatic N) is 7. The maximum atomic E-state index is 10.0. The van der Waals surface area contributed by atoms with Gasteiger partial charge in [0.1, 0.15) is 26.7 Å². The molecule has 0 radical (unpaired) electrons. The number of nitriles is 1. The first kappa shape index (κ1) is 19.6. The quantitative estimate of drug-likeness (QED) is 0.486. The van der Waals surface area contributed by atoms with E-state index in [9.17, 15) is 5.26 Å². The number of fused-ring (bicyclic) bond motifs is 3. The van der Waals surface area contributed by atoms with Gasteiger partial charge in [-0.25, -0.2) is 4.98 Å². The van der Waals surface area contributed by atoms with Crippen LogP contribution in [0.25, 0.3) is 31.6 Å². The van der Waals surface area contributed by atoms with Crippen molar-refractivity contribution >= 4 is 37.6 Å². The molecule has 5 rings (SSSR count). The molecule has 0 unspecified atom stereocenters. The minimum atomic E-state index is 0.352. The Morgan fingerprint density at radius 3 is 2.61 bits per heavy atom. The van der Waals surface area contributed by atoms with E-state index in [2.05, 4.69) is 38.3 Å². The zero-order valence-electron chi connectivity index (χ0n) is 17.4. The van der Waals surface area contributed by atoms with Crippen LogP contribution in [-0.4, -0.2) is 65.1 Å². The Morgan fingerprint density at radius 2 is 1.90 bits per heavy atom. The van der Waals surface area contributed by atoms with Gasteiger partial charge in [-0.3, -0.25) is 0 Å². The van der Waals surface area contributed by atoms with Crippen LogP contribution in [-0.2, 0) is 0 Å². The molecule has 1 aliphatic heterocycles. The molecule has 0 amide bonds. The molecule has 1 saturated heterocycles. The number of aromatic nitrogens is 4. The van der Waals surface area contributed by atoms with Crippen LogP contribution in [0.4, 0.5) is 5.82 Å². The Kier molecular flexibility index (Phi) is 5.10. The average Bonchev–Trinajstić information content (AvgIpc) is 3.17. The van der Waals surface area contributed by atoms with Crippen LogP contribution in [0.3, 0.4) is 0 Å². The number of benzene rings is 1. The van der Waals surface area contributed by atoms with Gasteiger partial charge in [0.2, 0.25) is 5.88 Å². The summed E-state index contributed by atoms with van der Waals surface area (Å²) < 4.78 is 6.70. The molecule has 3 aromatic heterocycles. The van der Waals surface area contributed by atoms with Gasteiger partial charge in [-0.2, -0.15) is 5.26 Å². The number of thiophene rings is 1. The van der Waals surface area contributed by atoms with Crippen molar-refractivity contribution in [2.75, 3.05) is 44.7 Å². The Hall–Kier alpha value is -3.35. The molecule has 0 spiro atoms. The molecule has 0 aliphatic carbocycles. The van der Waals surface area contributed by atoms with Crippen LogP contribution >= 0.6 is 11.3 Å². The van der Waals surface area contributed by atoms with E-state index in [1.54, 1.807) is 0 Å². The lowest BCUT2D eigenvalue weighted by Crippen LogP contribution is -2.44. The third-order valence-electron chi connectivity index (χ3n) is 5.53. The zero-order chi connectivity index (χ0) is 21.4. The molecule has 4 aromatic rings. The van der Waals surface area contributed by atoms with Gasteiger partial charge in [-0.15, -0.1) is 21.5 Å². The summed E-state index contributed by atoms with van der Waals surface area (Å²) in [7, 11) is 2.12. The molecule has 8 nitrogen and oxygen atoms in total. The van der Waals surface area contributed by atoms with E-state index < -0.39 is 0 Å². The number of likely N-dealkylation sites (N-methyl/N-ethyl adjacent to an activating group) is 1. The van der Waals surface area contributed by atoms with Crippen molar-refractivity contribution in [3.63, 3.8) is 0 Å². The summed E-state index contributed by atoms with van der Waals surface area (Å²) in [5, 5.41) is 23.7. The summed E-state index contributed by atoms with van der Waals surface area (Å²) in [6.45, 7) is 6.02. The Morgan fingerprint density at radius 1 is 1.13 bits per heavy atom. The molecule has 0 N–H and O–H groups in total. The zero-order valence-corrected chi connectivity index (χ0v) is 18.2. The van der Waals surface area contributed by atoms with Gasteiger partial charge in [0.05, 0.1) is 6.61 Å². The molecule has 1 aliphatic rings. The smallest absolute Gasteiger partial charge is 0.233 e. The highest BCUT2D eigenvalue weighted by molar-refractivity contribution is 7.26. The predicted molar refractivity (Wildman–Crippen MR) is 122 cm³/mol. The standard InChI is InChI=1S/C22H21N7OS/c1-3-30-21-15(13-23)16(14-7-5-4-6-8-14)17-18-19(31-22(17)24-21)20(26-27-25-18)29-11-9-28(2)10-12-29/h4-8H,3,9-12H2,1-2H3. The van der Waals surface area contributed by atoms with E-state index in [0.29, 0.717) is 18.1 Å². The van der Waals surface area contributed by atoms with Crippen molar-refractivity contribution in [1.29, 1.82) is 5.26 Å². The number of pyridine rings is 1. The highest BCUT2D eigenvalue weighted by Gasteiger charge is 2.26. The first-order valence-corrected chi connectivity index (χ1v) is 11.0. The number of anilines is 1. The third kappa shape index (κ3) is 3.34. The summed E-state index contributed by atoms with van der Waals surface area (Å²) >= 11 is 1.53. The van der Waals surface area contributed by atoms with E-state index >= 15 is 0 Å². The lowest BCUT2D eigenvalue weighted by atomic mass is 9.98. The van der Waals surface area contributed by atoms with E-state index in [4.69, 9.17) is 9.72 Å². The van der Waals surface area contributed by atoms with Crippen LogP contribution in [0, 0.1) is 11.3 Å². The maximum absolute atomic E-state index is 10.0. The van der Waals surface area contributed by atoms with Crippen molar-refractivity contribution in [3.8, 4) is 23.1 Å². The van der Waals surface area contributed by atoms with Gasteiger partial charge in [0.25, 0.3) is 0 Å². The third-order valence-corrected chi connectivity index (χ3v) is 6.60. The molecule has 0 bridgehead atoms. The highest BCUT2D eigenvalue weighted by Crippen LogP contribution is 2.44. The fourth-order valence-corrected chi connectivity index (χ4v) is 5.08. The van der Waals surface area contributed by atoms with Crippen LogP contribution in [0.15, 0.2) is 30.3 Å². The van der Waals surface area contributed by atoms with Crippen molar-refractivity contribution in [2.45, 2.75) is 6.92 Å². The number of piperazine rings is 1. The lowest BCUT2D eigenvalue weighted by Gasteiger charge is -2.32. The van der Waals surface area contributed by atoms with E-state index in [1.165, 1.54) is 11.3 Å².